The topological polar surface area (TPSA) is 96.4 Å². The van der Waals surface area contributed by atoms with E-state index < -0.39 is 34.3 Å². The SMILES string of the molecule is CC(C)Oc1ccc(S(=O)(=O)N2CCN(c3cc(OCC(=O)O)cc(C(F)(F)F)c3)CC2)cc1. The van der Waals surface area contributed by atoms with Gasteiger partial charge in [0.2, 0.25) is 10.0 Å². The van der Waals surface area contributed by atoms with Crippen LogP contribution in [0, 0.1) is 0 Å². The zero-order valence-corrected chi connectivity index (χ0v) is 19.4. The Balaban J connectivity index is 1.74. The zero-order chi connectivity index (χ0) is 25.1. The van der Waals surface area contributed by atoms with Crippen molar-refractivity contribution < 1.29 is 41.0 Å². The molecule has 12 heteroatoms. The smallest absolute Gasteiger partial charge is 0.416 e. The van der Waals surface area contributed by atoms with Gasteiger partial charge in [-0.05, 0) is 50.2 Å². The average Bonchev–Trinajstić information content (AvgIpc) is 2.77. The average molecular weight is 503 g/mol. The first-order valence-electron chi connectivity index (χ1n) is 10.4. The molecule has 1 heterocycles. The first kappa shape index (κ1) is 25.6. The van der Waals surface area contributed by atoms with E-state index in [0.29, 0.717) is 5.75 Å². The number of hydrogen-bond donors (Lipinski definition) is 1. The van der Waals surface area contributed by atoms with Crippen molar-refractivity contribution in [3.63, 3.8) is 0 Å². The predicted octanol–water partition coefficient (Wildman–Crippen LogP) is 3.47. The lowest BCUT2D eigenvalue weighted by Gasteiger charge is -2.35. The van der Waals surface area contributed by atoms with E-state index in [0.717, 1.165) is 12.1 Å². The summed E-state index contributed by atoms with van der Waals surface area (Å²) in [5, 5.41) is 8.75. The van der Waals surface area contributed by atoms with Crippen LogP contribution < -0.4 is 14.4 Å². The van der Waals surface area contributed by atoms with Crippen LogP contribution in [0.3, 0.4) is 0 Å². The van der Waals surface area contributed by atoms with Crippen molar-refractivity contribution in [2.45, 2.75) is 31.0 Å². The largest absolute Gasteiger partial charge is 0.491 e. The summed E-state index contributed by atoms with van der Waals surface area (Å²) in [6, 6.07) is 9.05. The van der Waals surface area contributed by atoms with Gasteiger partial charge in [-0.3, -0.25) is 0 Å². The molecule has 0 amide bonds. The number of carboxylic acids is 1. The number of ether oxygens (including phenoxy) is 2. The molecule has 3 rings (SSSR count). The first-order valence-corrected chi connectivity index (χ1v) is 11.9. The van der Waals surface area contributed by atoms with Gasteiger partial charge in [-0.1, -0.05) is 0 Å². The fourth-order valence-corrected chi connectivity index (χ4v) is 4.88. The number of nitrogens with zero attached hydrogens (tertiary/aromatic N) is 2. The van der Waals surface area contributed by atoms with Crippen LogP contribution in [0.4, 0.5) is 18.9 Å². The number of hydrogen-bond acceptors (Lipinski definition) is 6. The molecule has 1 saturated heterocycles. The second kappa shape index (κ2) is 10.1. The van der Waals surface area contributed by atoms with E-state index in [-0.39, 0.29) is 48.6 Å². The number of carbonyl (C=O) groups is 1. The zero-order valence-electron chi connectivity index (χ0n) is 18.6. The van der Waals surface area contributed by atoms with Crippen molar-refractivity contribution in [2.24, 2.45) is 0 Å². The van der Waals surface area contributed by atoms with Crippen molar-refractivity contribution in [3.05, 3.63) is 48.0 Å². The molecule has 2 aromatic carbocycles. The lowest BCUT2D eigenvalue weighted by molar-refractivity contribution is -0.139. The third-order valence-corrected chi connectivity index (χ3v) is 6.93. The van der Waals surface area contributed by atoms with Crippen molar-refractivity contribution in [1.82, 2.24) is 4.31 Å². The van der Waals surface area contributed by atoms with Crippen molar-refractivity contribution in [1.29, 1.82) is 0 Å². The monoisotopic (exact) mass is 502 g/mol. The first-order chi connectivity index (χ1) is 15.9. The second-order valence-corrected chi connectivity index (χ2v) is 9.86. The summed E-state index contributed by atoms with van der Waals surface area (Å²) in [6.07, 6.45) is -4.71. The molecule has 1 N–H and O–H groups in total. The maximum absolute atomic E-state index is 13.3. The van der Waals surface area contributed by atoms with Crippen LogP contribution in [0.15, 0.2) is 47.4 Å². The Morgan fingerprint density at radius 3 is 2.18 bits per heavy atom. The van der Waals surface area contributed by atoms with E-state index in [9.17, 15) is 26.4 Å². The molecule has 0 aliphatic carbocycles. The maximum Gasteiger partial charge on any atom is 0.416 e. The van der Waals surface area contributed by atoms with Crippen molar-refractivity contribution in [2.75, 3.05) is 37.7 Å². The molecule has 2 aromatic rings. The Bertz CT molecular complexity index is 1110. The van der Waals surface area contributed by atoms with E-state index in [4.69, 9.17) is 14.6 Å². The predicted molar refractivity (Wildman–Crippen MR) is 118 cm³/mol. The highest BCUT2D eigenvalue weighted by Gasteiger charge is 2.33. The molecule has 34 heavy (non-hydrogen) atoms. The highest BCUT2D eigenvalue weighted by atomic mass is 32.2. The van der Waals surface area contributed by atoms with Gasteiger partial charge in [-0.2, -0.15) is 17.5 Å². The lowest BCUT2D eigenvalue weighted by Crippen LogP contribution is -2.48. The fourth-order valence-electron chi connectivity index (χ4n) is 3.46. The summed E-state index contributed by atoms with van der Waals surface area (Å²) in [5.74, 6) is -1.00. The Hall–Kier alpha value is -2.99. The number of alkyl halides is 3. The fraction of sp³-hybridized carbons (Fsp3) is 0.409. The molecule has 186 valence electrons. The third kappa shape index (κ3) is 6.32. The van der Waals surface area contributed by atoms with E-state index in [1.807, 2.05) is 13.8 Å². The number of carboxylic acid groups (broad SMARTS) is 1. The number of halogens is 3. The van der Waals surface area contributed by atoms with Gasteiger partial charge >= 0.3 is 12.1 Å². The number of piperazine rings is 1. The van der Waals surface area contributed by atoms with Crippen LogP contribution in [-0.2, 0) is 21.0 Å². The maximum atomic E-state index is 13.3. The van der Waals surface area contributed by atoms with Crippen molar-refractivity contribution in [3.8, 4) is 11.5 Å². The molecule has 0 unspecified atom stereocenters. The van der Waals surface area contributed by atoms with Gasteiger partial charge in [-0.25, -0.2) is 13.2 Å². The van der Waals surface area contributed by atoms with Gasteiger partial charge in [0.25, 0.3) is 0 Å². The van der Waals surface area contributed by atoms with Gasteiger partial charge in [0.05, 0.1) is 16.6 Å². The summed E-state index contributed by atoms with van der Waals surface area (Å²) in [4.78, 5) is 12.4. The van der Waals surface area contributed by atoms with Gasteiger partial charge in [0, 0.05) is 37.9 Å². The molecule has 0 aromatic heterocycles. The van der Waals surface area contributed by atoms with Crippen LogP contribution in [0.1, 0.15) is 19.4 Å². The van der Waals surface area contributed by atoms with Crippen LogP contribution >= 0.6 is 0 Å². The Morgan fingerprint density at radius 1 is 1.03 bits per heavy atom. The molecule has 0 radical (unpaired) electrons. The Morgan fingerprint density at radius 2 is 1.65 bits per heavy atom. The molecule has 0 saturated carbocycles. The normalized spacial score (nSPS) is 15.4. The lowest BCUT2D eigenvalue weighted by atomic mass is 10.1. The van der Waals surface area contributed by atoms with Gasteiger partial charge in [0.15, 0.2) is 6.61 Å². The number of aliphatic carboxylic acids is 1. The van der Waals surface area contributed by atoms with Gasteiger partial charge in [0.1, 0.15) is 11.5 Å². The van der Waals surface area contributed by atoms with Gasteiger partial charge < -0.3 is 19.5 Å². The molecule has 0 bridgehead atoms. The number of sulfonamides is 1. The van der Waals surface area contributed by atoms with Crippen LogP contribution in [0.2, 0.25) is 0 Å². The van der Waals surface area contributed by atoms with E-state index in [2.05, 4.69) is 0 Å². The Kier molecular flexibility index (Phi) is 7.61. The van der Waals surface area contributed by atoms with E-state index >= 15 is 0 Å². The summed E-state index contributed by atoms with van der Waals surface area (Å²) in [6.45, 7) is 3.35. The summed E-state index contributed by atoms with van der Waals surface area (Å²) >= 11 is 0. The quantitative estimate of drug-likeness (QED) is 0.591. The summed E-state index contributed by atoms with van der Waals surface area (Å²) in [7, 11) is -3.79. The van der Waals surface area contributed by atoms with E-state index in [1.54, 1.807) is 17.0 Å². The third-order valence-electron chi connectivity index (χ3n) is 5.02. The standard InChI is InChI=1S/C22H25F3N2O6S/c1-15(2)33-18-3-5-20(6-4-18)34(30,31)27-9-7-26(8-10-27)17-11-16(22(23,24)25)12-19(13-17)32-14-21(28)29/h3-6,11-13,15H,7-10,14H2,1-2H3,(H,28,29). The number of benzene rings is 2. The molecular formula is C22H25F3N2O6S. The van der Waals surface area contributed by atoms with Gasteiger partial charge in [-0.15, -0.1) is 0 Å². The van der Waals surface area contributed by atoms with Crippen LogP contribution in [-0.4, -0.2) is 62.7 Å². The minimum Gasteiger partial charge on any atom is -0.491 e. The molecule has 0 spiro atoms. The second-order valence-electron chi connectivity index (χ2n) is 7.92. The molecule has 1 aliphatic heterocycles. The Labute approximate surface area is 195 Å². The molecule has 1 aliphatic rings. The molecule has 0 atom stereocenters. The van der Waals surface area contributed by atoms with Crippen molar-refractivity contribution >= 4 is 21.7 Å². The highest BCUT2D eigenvalue weighted by molar-refractivity contribution is 7.89. The molecular weight excluding hydrogens is 477 g/mol. The number of anilines is 1. The molecule has 8 nitrogen and oxygen atoms in total. The summed E-state index contributed by atoms with van der Waals surface area (Å²) in [5.41, 5.74) is -0.813. The van der Waals surface area contributed by atoms with Crippen LogP contribution in [0.25, 0.3) is 0 Å². The summed E-state index contributed by atoms with van der Waals surface area (Å²) < 4.78 is 77.7. The minimum absolute atomic E-state index is 0.0542. The number of rotatable bonds is 8. The highest BCUT2D eigenvalue weighted by Crippen LogP contribution is 2.36. The van der Waals surface area contributed by atoms with Crippen LogP contribution in [0.5, 0.6) is 11.5 Å². The molecule has 1 fully saturated rings. The van der Waals surface area contributed by atoms with E-state index in [1.165, 1.54) is 22.5 Å². The minimum atomic E-state index is -4.66.